The molecule has 112 valence electrons. The molecule has 1 fully saturated rings. The smallest absolute Gasteiger partial charge is 0.225 e. The van der Waals surface area contributed by atoms with Gasteiger partial charge in [-0.2, -0.15) is 0 Å². The van der Waals surface area contributed by atoms with Gasteiger partial charge in [0.1, 0.15) is 5.65 Å². The predicted octanol–water partition coefficient (Wildman–Crippen LogP) is 1.98. The van der Waals surface area contributed by atoms with Crippen LogP contribution in [-0.4, -0.2) is 44.2 Å². The summed E-state index contributed by atoms with van der Waals surface area (Å²) in [4.78, 5) is 18.6. The van der Waals surface area contributed by atoms with Crippen molar-refractivity contribution in [3.8, 4) is 11.3 Å². The molecular weight excluding hydrogens is 278 g/mol. The second-order valence-corrected chi connectivity index (χ2v) is 5.61. The van der Waals surface area contributed by atoms with Gasteiger partial charge >= 0.3 is 0 Å². The molecule has 0 spiro atoms. The van der Waals surface area contributed by atoms with Gasteiger partial charge in [0.15, 0.2) is 0 Å². The van der Waals surface area contributed by atoms with E-state index in [4.69, 9.17) is 0 Å². The SMILES string of the molecule is OC1CCN(c2ncc(-c3cc4cccnc4[nH]3)cn2)CC1. The number of hydrogen-bond acceptors (Lipinski definition) is 5. The van der Waals surface area contributed by atoms with Crippen molar-refractivity contribution in [2.45, 2.75) is 18.9 Å². The summed E-state index contributed by atoms with van der Waals surface area (Å²) >= 11 is 0. The maximum atomic E-state index is 9.56. The third-order valence-corrected chi connectivity index (χ3v) is 4.09. The highest BCUT2D eigenvalue weighted by Gasteiger charge is 2.19. The van der Waals surface area contributed by atoms with Gasteiger partial charge in [0.05, 0.1) is 11.8 Å². The molecule has 1 aliphatic rings. The molecule has 4 rings (SSSR count). The number of rotatable bonds is 2. The summed E-state index contributed by atoms with van der Waals surface area (Å²) in [5.41, 5.74) is 2.78. The molecule has 0 atom stereocenters. The molecule has 22 heavy (non-hydrogen) atoms. The van der Waals surface area contributed by atoms with Gasteiger partial charge < -0.3 is 15.0 Å². The Morgan fingerprint density at radius 2 is 1.91 bits per heavy atom. The van der Waals surface area contributed by atoms with Crippen molar-refractivity contribution in [3.63, 3.8) is 0 Å². The fourth-order valence-corrected chi connectivity index (χ4v) is 2.80. The third-order valence-electron chi connectivity index (χ3n) is 4.09. The van der Waals surface area contributed by atoms with Crippen LogP contribution in [0.25, 0.3) is 22.3 Å². The van der Waals surface area contributed by atoms with Crippen LogP contribution in [0.2, 0.25) is 0 Å². The lowest BCUT2D eigenvalue weighted by Crippen LogP contribution is -2.36. The lowest BCUT2D eigenvalue weighted by molar-refractivity contribution is 0.145. The number of aliphatic hydroxyl groups is 1. The summed E-state index contributed by atoms with van der Waals surface area (Å²) in [6.45, 7) is 1.60. The van der Waals surface area contributed by atoms with Crippen molar-refractivity contribution < 1.29 is 5.11 Å². The van der Waals surface area contributed by atoms with Crippen LogP contribution in [0.5, 0.6) is 0 Å². The Kier molecular flexibility index (Phi) is 3.23. The van der Waals surface area contributed by atoms with Crippen LogP contribution >= 0.6 is 0 Å². The summed E-state index contributed by atoms with van der Waals surface area (Å²) in [6, 6.07) is 6.00. The van der Waals surface area contributed by atoms with E-state index in [9.17, 15) is 5.11 Å². The van der Waals surface area contributed by atoms with Crippen molar-refractivity contribution in [3.05, 3.63) is 36.8 Å². The molecule has 1 saturated heterocycles. The van der Waals surface area contributed by atoms with E-state index in [1.54, 1.807) is 6.20 Å². The maximum absolute atomic E-state index is 9.56. The van der Waals surface area contributed by atoms with Crippen molar-refractivity contribution >= 4 is 17.0 Å². The summed E-state index contributed by atoms with van der Waals surface area (Å²) in [5, 5.41) is 10.6. The minimum absolute atomic E-state index is 0.186. The normalized spacial score (nSPS) is 16.3. The number of H-pyrrole nitrogens is 1. The molecule has 4 heterocycles. The van der Waals surface area contributed by atoms with Gasteiger partial charge in [-0.3, -0.25) is 0 Å². The van der Waals surface area contributed by atoms with Crippen molar-refractivity contribution in [2.75, 3.05) is 18.0 Å². The number of pyridine rings is 1. The Labute approximate surface area is 127 Å². The van der Waals surface area contributed by atoms with E-state index in [1.807, 2.05) is 24.5 Å². The topological polar surface area (TPSA) is 77.9 Å². The fourth-order valence-electron chi connectivity index (χ4n) is 2.80. The molecular formula is C16H17N5O. The van der Waals surface area contributed by atoms with Crippen LogP contribution in [0.1, 0.15) is 12.8 Å². The highest BCUT2D eigenvalue weighted by molar-refractivity contribution is 5.82. The molecule has 0 unspecified atom stereocenters. The standard InChI is InChI=1S/C16H17N5O/c22-13-3-6-21(7-4-13)16-18-9-12(10-19-16)14-8-11-2-1-5-17-15(11)20-14/h1-2,5,8-10,13,22H,3-4,6-7H2,(H,17,20). The molecule has 0 aliphatic carbocycles. The molecule has 0 saturated carbocycles. The number of aromatic nitrogens is 4. The number of nitrogens with zero attached hydrogens (tertiary/aromatic N) is 4. The van der Waals surface area contributed by atoms with E-state index >= 15 is 0 Å². The van der Waals surface area contributed by atoms with Crippen LogP contribution in [0, 0.1) is 0 Å². The van der Waals surface area contributed by atoms with E-state index < -0.39 is 0 Å². The highest BCUT2D eigenvalue weighted by atomic mass is 16.3. The Morgan fingerprint density at radius 3 is 2.64 bits per heavy atom. The molecule has 3 aromatic rings. The van der Waals surface area contributed by atoms with E-state index in [0.29, 0.717) is 0 Å². The predicted molar refractivity (Wildman–Crippen MR) is 84.6 cm³/mol. The number of piperidine rings is 1. The average Bonchev–Trinajstić information content (AvgIpc) is 3.00. The summed E-state index contributed by atoms with van der Waals surface area (Å²) in [6.07, 6.45) is 6.80. The Hall–Kier alpha value is -2.47. The van der Waals surface area contributed by atoms with E-state index in [2.05, 4.69) is 30.9 Å². The van der Waals surface area contributed by atoms with Crippen molar-refractivity contribution in [2.24, 2.45) is 0 Å². The summed E-state index contributed by atoms with van der Waals surface area (Å²) in [5.74, 6) is 0.727. The average molecular weight is 295 g/mol. The molecule has 0 amide bonds. The van der Waals surface area contributed by atoms with Crippen LogP contribution < -0.4 is 4.90 Å². The second kappa shape index (κ2) is 5.38. The number of aromatic amines is 1. The molecule has 2 N–H and O–H groups in total. The zero-order valence-corrected chi connectivity index (χ0v) is 12.1. The number of aliphatic hydroxyl groups excluding tert-OH is 1. The summed E-state index contributed by atoms with van der Waals surface area (Å²) in [7, 11) is 0. The minimum atomic E-state index is -0.186. The monoisotopic (exact) mass is 295 g/mol. The first-order valence-electron chi connectivity index (χ1n) is 7.49. The zero-order valence-electron chi connectivity index (χ0n) is 12.1. The van der Waals surface area contributed by atoms with Crippen LogP contribution in [0.15, 0.2) is 36.8 Å². The first-order chi connectivity index (χ1) is 10.8. The molecule has 6 heteroatoms. The Morgan fingerprint density at radius 1 is 1.14 bits per heavy atom. The lowest BCUT2D eigenvalue weighted by atomic mass is 10.1. The van der Waals surface area contributed by atoms with Gasteiger partial charge in [-0.15, -0.1) is 0 Å². The Balaban J connectivity index is 1.58. The number of hydrogen-bond donors (Lipinski definition) is 2. The van der Waals surface area contributed by atoms with Crippen molar-refractivity contribution in [1.29, 1.82) is 0 Å². The lowest BCUT2D eigenvalue weighted by Gasteiger charge is -2.29. The van der Waals surface area contributed by atoms with Gasteiger partial charge in [-0.1, -0.05) is 0 Å². The zero-order chi connectivity index (χ0) is 14.9. The highest BCUT2D eigenvalue weighted by Crippen LogP contribution is 2.23. The molecule has 0 bridgehead atoms. The van der Waals surface area contributed by atoms with E-state index in [-0.39, 0.29) is 6.10 Å². The first kappa shape index (κ1) is 13.2. The second-order valence-electron chi connectivity index (χ2n) is 5.61. The third kappa shape index (κ3) is 2.42. The summed E-state index contributed by atoms with van der Waals surface area (Å²) < 4.78 is 0. The molecule has 3 aromatic heterocycles. The Bertz CT molecular complexity index is 742. The van der Waals surface area contributed by atoms with E-state index in [1.165, 1.54) is 0 Å². The van der Waals surface area contributed by atoms with Crippen LogP contribution in [0.3, 0.4) is 0 Å². The molecule has 0 radical (unpaired) electrons. The van der Waals surface area contributed by atoms with Crippen molar-refractivity contribution in [1.82, 2.24) is 19.9 Å². The molecule has 1 aliphatic heterocycles. The van der Waals surface area contributed by atoms with Crippen LogP contribution in [0.4, 0.5) is 5.95 Å². The minimum Gasteiger partial charge on any atom is -0.393 e. The van der Waals surface area contributed by atoms with Gasteiger partial charge in [-0.05, 0) is 31.0 Å². The quantitative estimate of drug-likeness (QED) is 0.756. The number of nitrogens with one attached hydrogen (secondary N) is 1. The largest absolute Gasteiger partial charge is 0.393 e. The van der Waals surface area contributed by atoms with Gasteiger partial charge in [0.2, 0.25) is 5.95 Å². The fraction of sp³-hybridized carbons (Fsp3) is 0.312. The van der Waals surface area contributed by atoms with Gasteiger partial charge in [0.25, 0.3) is 0 Å². The van der Waals surface area contributed by atoms with E-state index in [0.717, 1.165) is 54.2 Å². The molecule has 6 nitrogen and oxygen atoms in total. The maximum Gasteiger partial charge on any atom is 0.225 e. The number of anilines is 1. The van der Waals surface area contributed by atoms with Crippen LogP contribution in [-0.2, 0) is 0 Å². The molecule has 0 aromatic carbocycles. The first-order valence-corrected chi connectivity index (χ1v) is 7.49. The van der Waals surface area contributed by atoms with Gasteiger partial charge in [-0.25, -0.2) is 15.0 Å². The number of fused-ring (bicyclic) bond motifs is 1. The van der Waals surface area contributed by atoms with Gasteiger partial charge in [0, 0.05) is 42.6 Å².